The number of fused-ring (bicyclic) bond motifs is 1. The molecule has 0 aliphatic heterocycles. The Labute approximate surface area is 163 Å². The maximum atomic E-state index is 12.7. The maximum Gasteiger partial charge on any atom is 0.256 e. The topological polar surface area (TPSA) is 60.2 Å². The quantitative estimate of drug-likeness (QED) is 0.635. The zero-order valence-electron chi connectivity index (χ0n) is 16.0. The number of rotatable bonds is 6. The molecule has 0 saturated carbocycles. The minimum atomic E-state index is -0.126. The van der Waals surface area contributed by atoms with Crippen molar-refractivity contribution < 1.29 is 9.53 Å². The van der Waals surface area contributed by atoms with Gasteiger partial charge in [0.05, 0.1) is 34.5 Å². The maximum absolute atomic E-state index is 12.7. The van der Waals surface area contributed by atoms with Gasteiger partial charge in [-0.05, 0) is 37.6 Å². The van der Waals surface area contributed by atoms with E-state index in [-0.39, 0.29) is 5.91 Å². The first-order chi connectivity index (χ1) is 13.0. The number of unbranched alkanes of at least 4 members (excludes halogenated alkanes) is 1. The van der Waals surface area contributed by atoms with E-state index in [0.29, 0.717) is 28.2 Å². The van der Waals surface area contributed by atoms with Crippen LogP contribution in [0.3, 0.4) is 0 Å². The van der Waals surface area contributed by atoms with Crippen LogP contribution in [0.15, 0.2) is 30.5 Å². The SMILES string of the molecule is CCCCN(C)C(=O)c1cnc2c(c(C)nn2-c2ccc(OC)cc2)c1Cl. The number of carbonyl (C=O) groups excluding carboxylic acids is 1. The third kappa shape index (κ3) is 3.62. The molecular formula is C20H23ClN4O2. The van der Waals surface area contributed by atoms with Crippen LogP contribution >= 0.6 is 11.6 Å². The lowest BCUT2D eigenvalue weighted by atomic mass is 10.1. The summed E-state index contributed by atoms with van der Waals surface area (Å²) in [7, 11) is 3.41. The molecule has 6 nitrogen and oxygen atoms in total. The Hall–Kier alpha value is -2.60. The highest BCUT2D eigenvalue weighted by molar-refractivity contribution is 6.38. The first kappa shape index (κ1) is 19.2. The summed E-state index contributed by atoms with van der Waals surface area (Å²) < 4.78 is 6.93. The van der Waals surface area contributed by atoms with Crippen molar-refractivity contribution in [3.05, 3.63) is 46.7 Å². The predicted molar refractivity (Wildman–Crippen MR) is 107 cm³/mol. The smallest absolute Gasteiger partial charge is 0.256 e. The molecular weight excluding hydrogens is 364 g/mol. The second-order valence-corrected chi connectivity index (χ2v) is 6.84. The van der Waals surface area contributed by atoms with Crippen molar-refractivity contribution in [2.45, 2.75) is 26.7 Å². The number of hydrogen-bond acceptors (Lipinski definition) is 4. The molecule has 0 unspecified atom stereocenters. The number of carbonyl (C=O) groups is 1. The average molecular weight is 387 g/mol. The molecule has 2 heterocycles. The second-order valence-electron chi connectivity index (χ2n) is 6.46. The fourth-order valence-electron chi connectivity index (χ4n) is 2.96. The van der Waals surface area contributed by atoms with Crippen LogP contribution in [-0.2, 0) is 0 Å². The third-order valence-electron chi connectivity index (χ3n) is 4.55. The number of nitrogens with zero attached hydrogens (tertiary/aromatic N) is 4. The highest BCUT2D eigenvalue weighted by atomic mass is 35.5. The molecule has 3 aromatic rings. The Kier molecular flexibility index (Phi) is 5.65. The highest BCUT2D eigenvalue weighted by Crippen LogP contribution is 2.30. The Morgan fingerprint density at radius 2 is 2.00 bits per heavy atom. The molecule has 1 aromatic carbocycles. The first-order valence-corrected chi connectivity index (χ1v) is 9.29. The fourth-order valence-corrected chi connectivity index (χ4v) is 3.31. The number of pyridine rings is 1. The van der Waals surface area contributed by atoms with Gasteiger partial charge in [-0.15, -0.1) is 0 Å². The van der Waals surface area contributed by atoms with Gasteiger partial charge in [-0.3, -0.25) is 4.79 Å². The molecule has 0 aliphatic rings. The summed E-state index contributed by atoms with van der Waals surface area (Å²) in [5, 5.41) is 5.67. The van der Waals surface area contributed by atoms with E-state index in [1.165, 1.54) is 6.20 Å². The number of ether oxygens (including phenoxy) is 1. The van der Waals surface area contributed by atoms with Crippen molar-refractivity contribution in [1.29, 1.82) is 0 Å². The van der Waals surface area contributed by atoms with Crippen LogP contribution in [0.5, 0.6) is 5.75 Å². The summed E-state index contributed by atoms with van der Waals surface area (Å²) in [6, 6.07) is 7.52. The fraction of sp³-hybridized carbons (Fsp3) is 0.350. The van der Waals surface area contributed by atoms with Gasteiger partial charge in [0.15, 0.2) is 5.65 Å². The number of methoxy groups -OCH3 is 1. The van der Waals surface area contributed by atoms with E-state index in [1.54, 1.807) is 23.7 Å². The molecule has 0 radical (unpaired) electrons. The van der Waals surface area contributed by atoms with E-state index >= 15 is 0 Å². The molecule has 142 valence electrons. The van der Waals surface area contributed by atoms with Gasteiger partial charge in [0.25, 0.3) is 5.91 Å². The molecule has 0 fully saturated rings. The summed E-state index contributed by atoms with van der Waals surface area (Å²) in [4.78, 5) is 18.9. The number of halogens is 1. The van der Waals surface area contributed by atoms with Crippen molar-refractivity contribution in [2.24, 2.45) is 0 Å². The molecule has 0 saturated heterocycles. The zero-order chi connectivity index (χ0) is 19.6. The molecule has 0 atom stereocenters. The summed E-state index contributed by atoms with van der Waals surface area (Å²) in [6.45, 7) is 4.65. The van der Waals surface area contributed by atoms with E-state index < -0.39 is 0 Å². The van der Waals surface area contributed by atoms with Gasteiger partial charge in [0, 0.05) is 19.8 Å². The van der Waals surface area contributed by atoms with Gasteiger partial charge in [-0.1, -0.05) is 24.9 Å². The Bertz CT molecular complexity index is 966. The van der Waals surface area contributed by atoms with Crippen LogP contribution in [0, 0.1) is 6.92 Å². The lowest BCUT2D eigenvalue weighted by Gasteiger charge is -2.17. The van der Waals surface area contributed by atoms with Gasteiger partial charge in [0.1, 0.15) is 5.75 Å². The number of hydrogen-bond donors (Lipinski definition) is 0. The van der Waals surface area contributed by atoms with Gasteiger partial charge in [-0.25, -0.2) is 9.67 Å². The first-order valence-electron chi connectivity index (χ1n) is 8.91. The summed E-state index contributed by atoms with van der Waals surface area (Å²) >= 11 is 6.61. The molecule has 7 heteroatoms. The van der Waals surface area contributed by atoms with Crippen LogP contribution in [0.1, 0.15) is 35.8 Å². The third-order valence-corrected chi connectivity index (χ3v) is 4.94. The van der Waals surface area contributed by atoms with E-state index in [4.69, 9.17) is 16.3 Å². The predicted octanol–water partition coefficient (Wildman–Crippen LogP) is 4.26. The minimum absolute atomic E-state index is 0.126. The molecule has 2 aromatic heterocycles. The standard InChI is InChI=1S/C20H23ClN4O2/c1-5-6-11-24(3)20(26)16-12-22-19-17(18(16)21)13(2)23-25(19)14-7-9-15(27-4)10-8-14/h7-10,12H,5-6,11H2,1-4H3. The van der Waals surface area contributed by atoms with Gasteiger partial charge < -0.3 is 9.64 Å². The van der Waals surface area contributed by atoms with Crippen molar-refractivity contribution in [3.8, 4) is 11.4 Å². The van der Waals surface area contributed by atoms with Gasteiger partial charge in [-0.2, -0.15) is 5.10 Å². The molecule has 27 heavy (non-hydrogen) atoms. The molecule has 3 rings (SSSR count). The molecule has 1 amide bonds. The van der Waals surface area contributed by atoms with Gasteiger partial charge >= 0.3 is 0 Å². The van der Waals surface area contributed by atoms with Crippen molar-refractivity contribution >= 4 is 28.5 Å². The monoisotopic (exact) mass is 386 g/mol. The van der Waals surface area contributed by atoms with Gasteiger partial charge in [0.2, 0.25) is 0 Å². The number of aryl methyl sites for hydroxylation is 1. The Morgan fingerprint density at radius 1 is 1.30 bits per heavy atom. The number of amides is 1. The second kappa shape index (κ2) is 7.96. The summed E-state index contributed by atoms with van der Waals surface area (Å²) in [5.74, 6) is 0.639. The minimum Gasteiger partial charge on any atom is -0.497 e. The van der Waals surface area contributed by atoms with Crippen LogP contribution in [0.25, 0.3) is 16.7 Å². The normalized spacial score (nSPS) is 11.0. The Balaban J connectivity index is 2.04. The zero-order valence-corrected chi connectivity index (χ0v) is 16.7. The molecule has 0 N–H and O–H groups in total. The summed E-state index contributed by atoms with van der Waals surface area (Å²) in [5.41, 5.74) is 2.59. The van der Waals surface area contributed by atoms with Crippen LogP contribution < -0.4 is 4.74 Å². The lowest BCUT2D eigenvalue weighted by Crippen LogP contribution is -2.28. The highest BCUT2D eigenvalue weighted by Gasteiger charge is 2.21. The number of aromatic nitrogens is 3. The number of benzene rings is 1. The largest absolute Gasteiger partial charge is 0.497 e. The van der Waals surface area contributed by atoms with E-state index in [2.05, 4.69) is 17.0 Å². The summed E-state index contributed by atoms with van der Waals surface area (Å²) in [6.07, 6.45) is 3.51. The van der Waals surface area contributed by atoms with Crippen molar-refractivity contribution in [3.63, 3.8) is 0 Å². The van der Waals surface area contributed by atoms with Crippen molar-refractivity contribution in [1.82, 2.24) is 19.7 Å². The van der Waals surface area contributed by atoms with Crippen molar-refractivity contribution in [2.75, 3.05) is 20.7 Å². The molecule has 0 bridgehead atoms. The van der Waals surface area contributed by atoms with Crippen LogP contribution in [0.2, 0.25) is 5.02 Å². The molecule has 0 aliphatic carbocycles. The van der Waals surface area contributed by atoms with E-state index in [0.717, 1.165) is 30.0 Å². The Morgan fingerprint density at radius 3 is 2.63 bits per heavy atom. The van der Waals surface area contributed by atoms with E-state index in [9.17, 15) is 4.79 Å². The van der Waals surface area contributed by atoms with Crippen LogP contribution in [-0.4, -0.2) is 46.3 Å². The van der Waals surface area contributed by atoms with Crippen LogP contribution in [0.4, 0.5) is 0 Å². The molecule has 0 spiro atoms. The lowest BCUT2D eigenvalue weighted by molar-refractivity contribution is 0.0793. The van der Waals surface area contributed by atoms with E-state index in [1.807, 2.05) is 31.2 Å². The average Bonchev–Trinajstić information content (AvgIpc) is 3.03.